The predicted octanol–water partition coefficient (Wildman–Crippen LogP) is 2.07. The molecule has 1 heterocycles. The Bertz CT molecular complexity index is 971. The molecule has 2 rings (SSSR count). The van der Waals surface area contributed by atoms with E-state index >= 15 is 0 Å². The van der Waals surface area contributed by atoms with E-state index in [9.17, 15) is 29.4 Å². The molecule has 1 aliphatic rings. The lowest BCUT2D eigenvalue weighted by Gasteiger charge is -2.41. The third kappa shape index (κ3) is 7.66. The van der Waals surface area contributed by atoms with Gasteiger partial charge in [-0.3, -0.25) is 14.4 Å². The van der Waals surface area contributed by atoms with Crippen LogP contribution in [0.3, 0.4) is 0 Å². The van der Waals surface area contributed by atoms with Crippen molar-refractivity contribution < 1.29 is 53.1 Å². The van der Waals surface area contributed by atoms with Crippen LogP contribution < -0.4 is 4.74 Å². The van der Waals surface area contributed by atoms with Crippen molar-refractivity contribution in [3.8, 4) is 5.75 Å². The lowest BCUT2D eigenvalue weighted by Crippen LogP contribution is -2.63. The van der Waals surface area contributed by atoms with Gasteiger partial charge in [0.25, 0.3) is 0 Å². The van der Waals surface area contributed by atoms with Gasteiger partial charge in [-0.05, 0) is 57.7 Å². The Kier molecular flexibility index (Phi) is 9.83. The van der Waals surface area contributed by atoms with Crippen molar-refractivity contribution in [3.05, 3.63) is 29.3 Å². The molecule has 2 N–H and O–H groups in total. The Morgan fingerprint density at radius 2 is 1.61 bits per heavy atom. The summed E-state index contributed by atoms with van der Waals surface area (Å²) in [5, 5.41) is 20.2. The molecule has 1 aliphatic heterocycles. The van der Waals surface area contributed by atoms with Crippen molar-refractivity contribution in [2.75, 3.05) is 6.61 Å². The van der Waals surface area contributed by atoms with Crippen LogP contribution in [0, 0.1) is 19.3 Å². The van der Waals surface area contributed by atoms with Crippen LogP contribution in [0.15, 0.2) is 18.2 Å². The molecule has 0 aromatic heterocycles. The summed E-state index contributed by atoms with van der Waals surface area (Å²) in [4.78, 5) is 47.7. The Morgan fingerprint density at radius 1 is 1.00 bits per heavy atom. The van der Waals surface area contributed by atoms with Gasteiger partial charge in [0, 0.05) is 13.8 Å². The number of carbonyl (C=O) groups is 4. The molecule has 1 aromatic carbocycles. The quantitative estimate of drug-likeness (QED) is 0.270. The van der Waals surface area contributed by atoms with Crippen molar-refractivity contribution >= 4 is 23.9 Å². The third-order valence-electron chi connectivity index (χ3n) is 5.69. The van der Waals surface area contributed by atoms with Crippen LogP contribution in [0.5, 0.6) is 5.75 Å². The summed E-state index contributed by atoms with van der Waals surface area (Å²) in [6, 6.07) is 5.87. The van der Waals surface area contributed by atoms with Gasteiger partial charge in [0.15, 0.2) is 18.3 Å². The summed E-state index contributed by atoms with van der Waals surface area (Å²) >= 11 is 0. The SMILES string of the molecule is CC(=O)O[C@H]1[C@H](OC(=O)C(C)(C)CCCOc2cc(C)ccc2C)O[C@H](C(=O)O)[C@@H](OC(C)=O)[C@@H]1O. The minimum atomic E-state index is -1.86. The number of esters is 3. The van der Waals surface area contributed by atoms with E-state index in [1.165, 1.54) is 0 Å². The van der Waals surface area contributed by atoms with Crippen LogP contribution in [0.4, 0.5) is 0 Å². The second-order valence-corrected chi connectivity index (χ2v) is 9.41. The average molecular weight is 511 g/mol. The standard InChI is InChI=1S/C25H34O11/c1-13-8-9-14(2)17(12-13)32-11-7-10-25(5,6)24(31)36-23-20(34-16(4)27)18(28)19(33-15(3)26)21(35-23)22(29)30/h8-9,12,18-21,23,28H,7,10-11H2,1-6H3,(H,29,30)/t18-,19-,20+,21-,23-/m0/s1. The first-order chi connectivity index (χ1) is 16.7. The van der Waals surface area contributed by atoms with E-state index in [4.69, 9.17) is 23.7 Å². The molecule has 0 radical (unpaired) electrons. The fraction of sp³-hybridized carbons (Fsp3) is 0.600. The van der Waals surface area contributed by atoms with Crippen LogP contribution in [0.2, 0.25) is 0 Å². The van der Waals surface area contributed by atoms with Crippen molar-refractivity contribution in [1.29, 1.82) is 0 Å². The highest BCUT2D eigenvalue weighted by molar-refractivity contribution is 5.77. The molecule has 200 valence electrons. The predicted molar refractivity (Wildman–Crippen MR) is 124 cm³/mol. The van der Waals surface area contributed by atoms with Gasteiger partial charge in [0.1, 0.15) is 11.9 Å². The first kappa shape index (κ1) is 29.1. The summed E-state index contributed by atoms with van der Waals surface area (Å²) < 4.78 is 26.5. The number of aliphatic hydroxyl groups excluding tert-OH is 1. The monoisotopic (exact) mass is 510 g/mol. The summed E-state index contributed by atoms with van der Waals surface area (Å²) in [6.07, 6.45) is -7.87. The van der Waals surface area contributed by atoms with E-state index in [1.807, 2.05) is 32.0 Å². The molecular formula is C25H34O11. The van der Waals surface area contributed by atoms with E-state index < -0.39 is 60.0 Å². The normalized spacial score (nSPS) is 23.9. The van der Waals surface area contributed by atoms with Gasteiger partial charge in [-0.15, -0.1) is 0 Å². The zero-order valence-corrected chi connectivity index (χ0v) is 21.3. The smallest absolute Gasteiger partial charge is 0.337 e. The Hall–Kier alpha value is -3.18. The van der Waals surface area contributed by atoms with Crippen LogP contribution >= 0.6 is 0 Å². The Labute approximate surface area is 209 Å². The highest BCUT2D eigenvalue weighted by atomic mass is 16.7. The van der Waals surface area contributed by atoms with Crippen LogP contribution in [-0.2, 0) is 38.1 Å². The highest BCUT2D eigenvalue weighted by Gasteiger charge is 2.54. The molecular weight excluding hydrogens is 476 g/mol. The van der Waals surface area contributed by atoms with E-state index in [1.54, 1.807) is 13.8 Å². The fourth-order valence-electron chi connectivity index (χ4n) is 3.69. The number of rotatable bonds is 10. The van der Waals surface area contributed by atoms with Gasteiger partial charge in [-0.25, -0.2) is 4.79 Å². The van der Waals surface area contributed by atoms with Gasteiger partial charge in [-0.1, -0.05) is 12.1 Å². The number of hydrogen-bond acceptors (Lipinski definition) is 10. The van der Waals surface area contributed by atoms with E-state index in [0.717, 1.165) is 30.7 Å². The molecule has 5 atom stereocenters. The zero-order valence-electron chi connectivity index (χ0n) is 21.3. The lowest BCUT2D eigenvalue weighted by atomic mass is 9.88. The first-order valence-corrected chi connectivity index (χ1v) is 11.5. The molecule has 11 heteroatoms. The molecule has 0 unspecified atom stereocenters. The van der Waals surface area contributed by atoms with Gasteiger partial charge >= 0.3 is 23.9 Å². The zero-order chi connectivity index (χ0) is 27.2. The van der Waals surface area contributed by atoms with E-state index in [0.29, 0.717) is 19.4 Å². The molecule has 1 saturated heterocycles. The van der Waals surface area contributed by atoms with Gasteiger partial charge in [0.2, 0.25) is 6.29 Å². The van der Waals surface area contributed by atoms with Crippen molar-refractivity contribution in [2.45, 2.75) is 85.1 Å². The maximum atomic E-state index is 13.0. The number of carboxylic acid groups (broad SMARTS) is 1. The number of aryl methyl sites for hydroxylation is 2. The second kappa shape index (κ2) is 12.2. The average Bonchev–Trinajstić information content (AvgIpc) is 2.77. The van der Waals surface area contributed by atoms with Crippen LogP contribution in [0.25, 0.3) is 0 Å². The topological polar surface area (TPSA) is 155 Å². The number of aliphatic hydroxyl groups is 1. The van der Waals surface area contributed by atoms with Crippen molar-refractivity contribution in [3.63, 3.8) is 0 Å². The molecule has 0 amide bonds. The van der Waals surface area contributed by atoms with Gasteiger partial charge < -0.3 is 33.9 Å². The summed E-state index contributed by atoms with van der Waals surface area (Å²) in [6.45, 7) is 9.57. The van der Waals surface area contributed by atoms with Crippen LogP contribution in [0.1, 0.15) is 51.7 Å². The lowest BCUT2D eigenvalue weighted by molar-refractivity contribution is -0.294. The van der Waals surface area contributed by atoms with Gasteiger partial charge in [0.05, 0.1) is 12.0 Å². The maximum Gasteiger partial charge on any atom is 0.337 e. The van der Waals surface area contributed by atoms with Crippen molar-refractivity contribution in [2.24, 2.45) is 5.41 Å². The summed E-state index contributed by atoms with van der Waals surface area (Å²) in [5.41, 5.74) is 1.00. The molecule has 1 fully saturated rings. The molecule has 0 bridgehead atoms. The number of hydrogen-bond donors (Lipinski definition) is 2. The molecule has 0 aliphatic carbocycles. The molecule has 0 spiro atoms. The number of benzene rings is 1. The van der Waals surface area contributed by atoms with E-state index in [-0.39, 0.29) is 0 Å². The highest BCUT2D eigenvalue weighted by Crippen LogP contribution is 2.31. The van der Waals surface area contributed by atoms with Gasteiger partial charge in [-0.2, -0.15) is 0 Å². The van der Waals surface area contributed by atoms with E-state index in [2.05, 4.69) is 0 Å². The minimum absolute atomic E-state index is 0.348. The first-order valence-electron chi connectivity index (χ1n) is 11.5. The molecule has 36 heavy (non-hydrogen) atoms. The molecule has 1 aromatic rings. The second-order valence-electron chi connectivity index (χ2n) is 9.41. The van der Waals surface area contributed by atoms with Crippen molar-refractivity contribution in [1.82, 2.24) is 0 Å². The molecule has 0 saturated carbocycles. The fourth-order valence-corrected chi connectivity index (χ4v) is 3.69. The Balaban J connectivity index is 2.08. The number of carboxylic acids is 1. The Morgan fingerprint density at radius 3 is 2.19 bits per heavy atom. The summed E-state index contributed by atoms with van der Waals surface area (Å²) in [7, 11) is 0. The largest absolute Gasteiger partial charge is 0.493 e. The van der Waals surface area contributed by atoms with Crippen LogP contribution in [-0.4, -0.2) is 71.4 Å². The number of ether oxygens (including phenoxy) is 5. The number of carbonyl (C=O) groups excluding carboxylic acids is 3. The summed E-state index contributed by atoms with van der Waals surface area (Å²) in [5.74, 6) is -3.30. The maximum absolute atomic E-state index is 13.0. The number of aliphatic carboxylic acids is 1. The molecule has 11 nitrogen and oxygen atoms in total. The third-order valence-corrected chi connectivity index (χ3v) is 5.69. The minimum Gasteiger partial charge on any atom is -0.493 e.